The largest absolute Gasteiger partial charge is 0.506 e. The zero-order chi connectivity index (χ0) is 18.7. The van der Waals surface area contributed by atoms with Gasteiger partial charge in [0, 0.05) is 4.88 Å². The van der Waals surface area contributed by atoms with Crippen molar-refractivity contribution in [2.24, 2.45) is 0 Å². The molecule has 0 aliphatic heterocycles. The van der Waals surface area contributed by atoms with E-state index in [9.17, 15) is 9.90 Å². The first-order valence-electron chi connectivity index (χ1n) is 8.70. The summed E-state index contributed by atoms with van der Waals surface area (Å²) in [5.41, 5.74) is 2.20. The average Bonchev–Trinajstić information content (AvgIpc) is 2.96. The van der Waals surface area contributed by atoms with Gasteiger partial charge in [0.1, 0.15) is 10.8 Å². The first kappa shape index (κ1) is 18.7. The van der Waals surface area contributed by atoms with Gasteiger partial charge in [-0.3, -0.25) is 0 Å². The Kier molecular flexibility index (Phi) is 5.78. The van der Waals surface area contributed by atoms with Crippen LogP contribution in [0, 0.1) is 0 Å². The molecule has 0 fully saturated rings. The molecule has 7 heteroatoms. The van der Waals surface area contributed by atoms with Crippen molar-refractivity contribution in [3.05, 3.63) is 40.3 Å². The minimum atomic E-state index is -0.313. The quantitative estimate of drug-likeness (QED) is 0.393. The first-order chi connectivity index (χ1) is 12.5. The van der Waals surface area contributed by atoms with E-state index in [0.717, 1.165) is 24.8 Å². The second-order valence-electron chi connectivity index (χ2n) is 6.25. The van der Waals surface area contributed by atoms with Gasteiger partial charge in [-0.1, -0.05) is 19.1 Å². The summed E-state index contributed by atoms with van der Waals surface area (Å²) in [7, 11) is 0. The lowest BCUT2D eigenvalue weighted by Gasteiger charge is -2.19. The third-order valence-electron chi connectivity index (χ3n) is 4.41. The molecule has 1 atom stereocenters. The van der Waals surface area contributed by atoms with Crippen molar-refractivity contribution in [3.8, 4) is 5.75 Å². The van der Waals surface area contributed by atoms with Crippen LogP contribution >= 0.6 is 23.6 Å². The fourth-order valence-corrected chi connectivity index (χ4v) is 4.87. The second kappa shape index (κ2) is 8.05. The summed E-state index contributed by atoms with van der Waals surface area (Å²) in [6, 6.07) is 6.86. The van der Waals surface area contributed by atoms with Crippen LogP contribution in [0.3, 0.4) is 0 Å². The number of carbonyl (C=O) groups is 1. The van der Waals surface area contributed by atoms with Crippen LogP contribution in [0.5, 0.6) is 5.75 Å². The van der Waals surface area contributed by atoms with Gasteiger partial charge in [-0.05, 0) is 62.0 Å². The number of hydrogen-bond acceptors (Lipinski definition) is 5. The van der Waals surface area contributed by atoms with Gasteiger partial charge in [-0.25, -0.2) is 4.79 Å². The Morgan fingerprint density at radius 2 is 2.15 bits per heavy atom. The lowest BCUT2D eigenvalue weighted by Crippen LogP contribution is -2.21. The molecule has 5 nitrogen and oxygen atoms in total. The number of phenols is 1. The lowest BCUT2D eigenvalue weighted by atomic mass is 9.86. The molecule has 3 N–H and O–H groups in total. The Hall–Kier alpha value is -2.12. The van der Waals surface area contributed by atoms with Crippen LogP contribution in [0.1, 0.15) is 53.4 Å². The minimum Gasteiger partial charge on any atom is -0.506 e. The van der Waals surface area contributed by atoms with Crippen LogP contribution in [0.25, 0.3) is 0 Å². The van der Waals surface area contributed by atoms with E-state index in [4.69, 9.17) is 17.0 Å². The van der Waals surface area contributed by atoms with E-state index in [2.05, 4.69) is 17.6 Å². The number of benzene rings is 1. The molecule has 0 saturated carbocycles. The monoisotopic (exact) mass is 390 g/mol. The Bertz CT molecular complexity index is 832. The number of aromatic hydroxyl groups is 1. The lowest BCUT2D eigenvalue weighted by molar-refractivity contribution is 0.0526. The summed E-state index contributed by atoms with van der Waals surface area (Å²) < 4.78 is 5.28. The van der Waals surface area contributed by atoms with Gasteiger partial charge in [0.2, 0.25) is 0 Å². The van der Waals surface area contributed by atoms with Crippen molar-refractivity contribution in [3.63, 3.8) is 0 Å². The number of carbonyl (C=O) groups excluding carboxylic acids is 1. The highest BCUT2D eigenvalue weighted by molar-refractivity contribution is 7.80. The molecular weight excluding hydrogens is 368 g/mol. The number of fused-ring (bicyclic) bond motifs is 1. The number of aryl methyl sites for hydroxylation is 1. The highest BCUT2D eigenvalue weighted by atomic mass is 32.1. The Labute approximate surface area is 162 Å². The Balaban J connectivity index is 1.88. The third-order valence-corrected chi connectivity index (χ3v) is 5.80. The maximum atomic E-state index is 12.6. The van der Waals surface area contributed by atoms with Crippen LogP contribution in [-0.4, -0.2) is 22.8 Å². The van der Waals surface area contributed by atoms with Crippen molar-refractivity contribution < 1.29 is 14.6 Å². The number of rotatable bonds is 4. The van der Waals surface area contributed by atoms with Crippen LogP contribution in [0.15, 0.2) is 24.3 Å². The van der Waals surface area contributed by atoms with E-state index in [1.54, 1.807) is 42.5 Å². The van der Waals surface area contributed by atoms with Crippen LogP contribution in [0.4, 0.5) is 10.7 Å². The molecule has 26 heavy (non-hydrogen) atoms. The number of hydrogen-bond donors (Lipinski definition) is 3. The zero-order valence-corrected chi connectivity index (χ0v) is 16.4. The van der Waals surface area contributed by atoms with E-state index in [1.165, 1.54) is 4.88 Å². The van der Waals surface area contributed by atoms with E-state index < -0.39 is 0 Å². The highest BCUT2D eigenvalue weighted by Gasteiger charge is 2.30. The van der Waals surface area contributed by atoms with Crippen LogP contribution < -0.4 is 10.6 Å². The number of thiocarbonyl (C=S) groups is 1. The molecule has 0 saturated heterocycles. The van der Waals surface area contributed by atoms with Gasteiger partial charge < -0.3 is 20.5 Å². The Morgan fingerprint density at radius 1 is 1.38 bits per heavy atom. The summed E-state index contributed by atoms with van der Waals surface area (Å²) in [6.45, 7) is 4.28. The number of esters is 1. The maximum Gasteiger partial charge on any atom is 0.341 e. The second-order valence-corrected chi connectivity index (χ2v) is 7.77. The molecule has 1 heterocycles. The van der Waals surface area contributed by atoms with E-state index in [1.807, 2.05) is 0 Å². The summed E-state index contributed by atoms with van der Waals surface area (Å²) in [5.74, 6) is 0.123. The van der Waals surface area contributed by atoms with Crippen LogP contribution in [-0.2, 0) is 11.2 Å². The number of phenolic OH excluding ortho intramolecular Hbond substituents is 1. The number of nitrogens with one attached hydrogen (secondary N) is 2. The maximum absolute atomic E-state index is 12.6. The topological polar surface area (TPSA) is 70.6 Å². The fraction of sp³-hybridized carbons (Fsp3) is 0.368. The van der Waals surface area contributed by atoms with Crippen molar-refractivity contribution in [2.45, 2.75) is 39.0 Å². The normalized spacial score (nSPS) is 15.8. The van der Waals surface area contributed by atoms with Crippen molar-refractivity contribution in [1.29, 1.82) is 0 Å². The predicted octanol–water partition coefficient (Wildman–Crippen LogP) is 4.88. The molecule has 0 bridgehead atoms. The molecule has 0 radical (unpaired) electrons. The van der Waals surface area contributed by atoms with Crippen molar-refractivity contribution in [2.75, 3.05) is 17.2 Å². The van der Waals surface area contributed by atoms with E-state index in [0.29, 0.717) is 33.9 Å². The summed E-state index contributed by atoms with van der Waals surface area (Å²) in [5, 5.41) is 17.0. The van der Waals surface area contributed by atoms with Gasteiger partial charge in [0.15, 0.2) is 5.11 Å². The zero-order valence-electron chi connectivity index (χ0n) is 14.8. The molecule has 2 aromatic rings. The van der Waals surface area contributed by atoms with Gasteiger partial charge in [-0.15, -0.1) is 11.3 Å². The highest BCUT2D eigenvalue weighted by Crippen LogP contribution is 2.43. The van der Waals surface area contributed by atoms with Gasteiger partial charge >= 0.3 is 5.97 Å². The molecule has 1 aliphatic rings. The summed E-state index contributed by atoms with van der Waals surface area (Å²) >= 11 is 6.94. The summed E-state index contributed by atoms with van der Waals surface area (Å²) in [4.78, 5) is 13.8. The number of ether oxygens (including phenoxy) is 1. The molecule has 1 unspecified atom stereocenters. The number of anilines is 2. The predicted molar refractivity (Wildman–Crippen MR) is 110 cm³/mol. The molecule has 1 aliphatic carbocycles. The molecule has 138 valence electrons. The van der Waals surface area contributed by atoms with E-state index >= 15 is 0 Å². The van der Waals surface area contributed by atoms with Gasteiger partial charge in [-0.2, -0.15) is 0 Å². The average molecular weight is 391 g/mol. The summed E-state index contributed by atoms with van der Waals surface area (Å²) in [6.07, 6.45) is 3.16. The first-order valence-corrected chi connectivity index (χ1v) is 9.92. The third kappa shape index (κ3) is 3.83. The standard InChI is InChI=1S/C19H22N2O3S2/c1-3-24-18(23)16-15-11(2)7-6-10-14(15)26-17(16)21-19(25)20-12-8-4-5-9-13(12)22/h4-5,8-9,11,22H,3,6-7,10H2,1-2H3,(H2,20,21,25). The van der Waals surface area contributed by atoms with Crippen LogP contribution in [0.2, 0.25) is 0 Å². The van der Waals surface area contributed by atoms with Crippen molar-refractivity contribution >= 4 is 45.3 Å². The van der Waals surface area contributed by atoms with Gasteiger partial charge in [0.05, 0.1) is 17.9 Å². The molecule has 3 rings (SSSR count). The molecule has 1 aromatic heterocycles. The molecule has 0 amide bonds. The Morgan fingerprint density at radius 3 is 2.88 bits per heavy atom. The number of thiophene rings is 1. The van der Waals surface area contributed by atoms with Gasteiger partial charge in [0.25, 0.3) is 0 Å². The fourth-order valence-electron chi connectivity index (χ4n) is 3.24. The molecule has 0 spiro atoms. The SMILES string of the molecule is CCOC(=O)c1c(NC(=S)Nc2ccccc2O)sc2c1C(C)CCC2. The molecule has 1 aromatic carbocycles. The smallest absolute Gasteiger partial charge is 0.341 e. The van der Waals surface area contributed by atoms with E-state index in [-0.39, 0.29) is 11.7 Å². The molecular formula is C19H22N2O3S2. The van der Waals surface area contributed by atoms with Crippen molar-refractivity contribution in [1.82, 2.24) is 0 Å². The minimum absolute atomic E-state index is 0.112. The number of para-hydroxylation sites is 2.